The number of rotatable bonds is 8. The van der Waals surface area contributed by atoms with E-state index in [-0.39, 0.29) is 30.4 Å². The molecule has 1 amide bonds. The third-order valence-electron chi connectivity index (χ3n) is 4.94. The van der Waals surface area contributed by atoms with E-state index in [1.165, 1.54) is 0 Å². The summed E-state index contributed by atoms with van der Waals surface area (Å²) in [6, 6.07) is 7.47. The molecule has 1 heterocycles. The van der Waals surface area contributed by atoms with E-state index in [0.29, 0.717) is 19.4 Å². The molecule has 0 radical (unpaired) electrons. The molecule has 0 aromatic heterocycles. The van der Waals surface area contributed by atoms with E-state index in [1.807, 2.05) is 24.3 Å². The van der Waals surface area contributed by atoms with Crippen LogP contribution in [-0.2, 0) is 14.3 Å². The van der Waals surface area contributed by atoms with Crippen LogP contribution >= 0.6 is 0 Å². The maximum atomic E-state index is 12.8. The molecule has 1 N–H and O–H groups in total. The minimum Gasteiger partial charge on any atom is -0.497 e. The fourth-order valence-corrected chi connectivity index (χ4v) is 3.45. The summed E-state index contributed by atoms with van der Waals surface area (Å²) in [5.74, 6) is -0.00497. The summed E-state index contributed by atoms with van der Waals surface area (Å²) in [5.41, 5.74) is 1.09. The highest BCUT2D eigenvalue weighted by molar-refractivity contribution is 5.79. The number of benzene rings is 1. The van der Waals surface area contributed by atoms with Gasteiger partial charge in [-0.25, -0.2) is 0 Å². The van der Waals surface area contributed by atoms with Crippen LogP contribution in [0.2, 0.25) is 0 Å². The van der Waals surface area contributed by atoms with Gasteiger partial charge in [0.2, 0.25) is 5.91 Å². The van der Waals surface area contributed by atoms with Crippen molar-refractivity contribution in [1.82, 2.24) is 4.90 Å². The number of hydrogen-bond donors (Lipinski definition) is 1. The maximum absolute atomic E-state index is 12.8. The zero-order chi connectivity index (χ0) is 18.4. The van der Waals surface area contributed by atoms with Gasteiger partial charge in [-0.3, -0.25) is 9.59 Å². The Hall–Kier alpha value is -2.08. The van der Waals surface area contributed by atoms with Crippen molar-refractivity contribution in [3.63, 3.8) is 0 Å². The molecule has 3 unspecified atom stereocenters. The number of amides is 1. The number of carbonyl (C=O) groups is 2. The van der Waals surface area contributed by atoms with E-state index in [0.717, 1.165) is 17.7 Å². The average molecular weight is 349 g/mol. The first-order valence-corrected chi connectivity index (χ1v) is 8.66. The van der Waals surface area contributed by atoms with Gasteiger partial charge in [-0.2, -0.15) is 0 Å². The van der Waals surface area contributed by atoms with Crippen LogP contribution in [0, 0.1) is 0 Å². The number of methoxy groups -OCH3 is 2. The second-order valence-corrected chi connectivity index (χ2v) is 6.47. The molecule has 138 valence electrons. The van der Waals surface area contributed by atoms with E-state index >= 15 is 0 Å². The van der Waals surface area contributed by atoms with Crippen LogP contribution in [0.1, 0.15) is 44.1 Å². The van der Waals surface area contributed by atoms with Crippen LogP contribution in [0.15, 0.2) is 24.3 Å². The molecule has 6 heteroatoms. The van der Waals surface area contributed by atoms with Crippen LogP contribution in [0.5, 0.6) is 5.75 Å². The monoisotopic (exact) mass is 349 g/mol. The van der Waals surface area contributed by atoms with Crippen LogP contribution in [0.3, 0.4) is 0 Å². The van der Waals surface area contributed by atoms with Gasteiger partial charge in [0.05, 0.1) is 19.6 Å². The zero-order valence-electron chi connectivity index (χ0n) is 15.1. The Balaban J connectivity index is 2.07. The normalized spacial score (nSPS) is 21.2. The molecule has 0 bridgehead atoms. The van der Waals surface area contributed by atoms with Gasteiger partial charge in [0.15, 0.2) is 0 Å². The summed E-state index contributed by atoms with van der Waals surface area (Å²) in [5, 5.41) is 9.10. The summed E-state index contributed by atoms with van der Waals surface area (Å²) >= 11 is 0. The predicted octanol–water partition coefficient (Wildman–Crippen LogP) is 2.67. The molecule has 1 aliphatic heterocycles. The first kappa shape index (κ1) is 19.2. The maximum Gasteiger partial charge on any atom is 0.305 e. The van der Waals surface area contributed by atoms with E-state index < -0.39 is 5.97 Å². The third kappa shape index (κ3) is 4.95. The molecule has 1 aliphatic rings. The van der Waals surface area contributed by atoms with Gasteiger partial charge in [-0.05, 0) is 36.5 Å². The minimum absolute atomic E-state index is 0.00605. The number of hydrogen-bond acceptors (Lipinski definition) is 4. The topological polar surface area (TPSA) is 76.1 Å². The Morgan fingerprint density at radius 1 is 1.28 bits per heavy atom. The lowest BCUT2D eigenvalue weighted by atomic mass is 9.92. The molecule has 25 heavy (non-hydrogen) atoms. The van der Waals surface area contributed by atoms with Gasteiger partial charge in [0.25, 0.3) is 0 Å². The minimum atomic E-state index is -0.887. The van der Waals surface area contributed by atoms with Crippen molar-refractivity contribution < 1.29 is 24.2 Å². The number of carbonyl (C=O) groups excluding carboxylic acids is 1. The molecule has 1 aromatic rings. The second kappa shape index (κ2) is 8.85. The van der Waals surface area contributed by atoms with Crippen molar-refractivity contribution in [3.05, 3.63) is 29.8 Å². The standard InChI is InChI=1S/C19H27NO5/c1-4-13(14-5-7-16(24-2)8-6-14)9-18(21)20-12-17(25-3)10-15(20)11-19(22)23/h5-8,13,15,17H,4,9-12H2,1-3H3,(H,22,23). The first-order chi connectivity index (χ1) is 12.0. The highest BCUT2D eigenvalue weighted by atomic mass is 16.5. The van der Waals surface area contributed by atoms with Crippen LogP contribution < -0.4 is 4.74 Å². The molecule has 1 aromatic carbocycles. The Morgan fingerprint density at radius 2 is 1.96 bits per heavy atom. The Kier molecular flexibility index (Phi) is 6.82. The van der Waals surface area contributed by atoms with Gasteiger partial charge in [0, 0.05) is 26.1 Å². The number of carboxylic acid groups (broad SMARTS) is 1. The number of aliphatic carboxylic acids is 1. The van der Waals surface area contributed by atoms with Crippen molar-refractivity contribution >= 4 is 11.9 Å². The van der Waals surface area contributed by atoms with E-state index in [1.54, 1.807) is 19.1 Å². The summed E-state index contributed by atoms with van der Waals surface area (Å²) in [7, 11) is 3.22. The molecule has 2 rings (SSSR count). The molecular formula is C19H27NO5. The fraction of sp³-hybridized carbons (Fsp3) is 0.579. The fourth-order valence-electron chi connectivity index (χ4n) is 3.45. The lowest BCUT2D eigenvalue weighted by Crippen LogP contribution is -2.38. The summed E-state index contributed by atoms with van der Waals surface area (Å²) in [4.78, 5) is 25.6. The molecule has 3 atom stereocenters. The molecule has 6 nitrogen and oxygen atoms in total. The third-order valence-corrected chi connectivity index (χ3v) is 4.94. The molecule has 0 aliphatic carbocycles. The largest absolute Gasteiger partial charge is 0.497 e. The van der Waals surface area contributed by atoms with E-state index in [2.05, 4.69) is 6.92 Å². The zero-order valence-corrected chi connectivity index (χ0v) is 15.1. The van der Waals surface area contributed by atoms with E-state index in [4.69, 9.17) is 14.6 Å². The summed E-state index contributed by atoms with van der Waals surface area (Å²) in [6.45, 7) is 2.52. The van der Waals surface area contributed by atoms with Gasteiger partial charge in [-0.15, -0.1) is 0 Å². The van der Waals surface area contributed by atoms with Crippen molar-refractivity contribution in [1.29, 1.82) is 0 Å². The molecular weight excluding hydrogens is 322 g/mol. The SMILES string of the molecule is CCC(CC(=O)N1CC(OC)CC1CC(=O)O)c1ccc(OC)cc1. The second-order valence-electron chi connectivity index (χ2n) is 6.47. The van der Waals surface area contributed by atoms with Gasteiger partial charge < -0.3 is 19.5 Å². The number of carboxylic acids is 1. The van der Waals surface area contributed by atoms with Crippen molar-refractivity contribution in [3.8, 4) is 5.75 Å². The molecule has 1 fully saturated rings. The lowest BCUT2D eigenvalue weighted by Gasteiger charge is -2.25. The highest BCUT2D eigenvalue weighted by Crippen LogP contribution is 2.29. The van der Waals surface area contributed by atoms with Gasteiger partial charge in [0.1, 0.15) is 5.75 Å². The molecule has 0 saturated carbocycles. The van der Waals surface area contributed by atoms with Crippen LogP contribution in [0.4, 0.5) is 0 Å². The smallest absolute Gasteiger partial charge is 0.305 e. The first-order valence-electron chi connectivity index (χ1n) is 8.66. The lowest BCUT2D eigenvalue weighted by molar-refractivity contribution is -0.140. The van der Waals surface area contributed by atoms with E-state index in [9.17, 15) is 9.59 Å². The van der Waals surface area contributed by atoms with Crippen molar-refractivity contribution in [2.75, 3.05) is 20.8 Å². The quantitative estimate of drug-likeness (QED) is 0.781. The Labute approximate surface area is 148 Å². The van der Waals surface area contributed by atoms with Gasteiger partial charge >= 0.3 is 5.97 Å². The van der Waals surface area contributed by atoms with Crippen LogP contribution in [0.25, 0.3) is 0 Å². The summed E-state index contributed by atoms with van der Waals surface area (Å²) in [6.07, 6.45) is 1.66. The predicted molar refractivity (Wildman–Crippen MR) is 93.8 cm³/mol. The Bertz CT molecular complexity index is 586. The highest BCUT2D eigenvalue weighted by Gasteiger charge is 2.37. The Morgan fingerprint density at radius 3 is 2.48 bits per heavy atom. The number of ether oxygens (including phenoxy) is 2. The van der Waals surface area contributed by atoms with Crippen molar-refractivity contribution in [2.24, 2.45) is 0 Å². The average Bonchev–Trinajstić information content (AvgIpc) is 3.02. The molecule has 0 spiro atoms. The number of nitrogens with zero attached hydrogens (tertiary/aromatic N) is 1. The van der Waals surface area contributed by atoms with Gasteiger partial charge in [-0.1, -0.05) is 19.1 Å². The van der Waals surface area contributed by atoms with Crippen molar-refractivity contribution in [2.45, 2.75) is 50.7 Å². The number of likely N-dealkylation sites (tertiary alicyclic amines) is 1. The summed E-state index contributed by atoms with van der Waals surface area (Å²) < 4.78 is 10.5. The van der Waals surface area contributed by atoms with Crippen LogP contribution in [-0.4, -0.2) is 54.8 Å². The molecule has 1 saturated heterocycles.